The van der Waals surface area contributed by atoms with Crippen LogP contribution < -0.4 is 4.90 Å². The van der Waals surface area contributed by atoms with Gasteiger partial charge < -0.3 is 14.5 Å². The van der Waals surface area contributed by atoms with Crippen molar-refractivity contribution in [1.82, 2.24) is 29.6 Å². The molecular formula is C28H37N7O2. The fraction of sp³-hybridized carbons (Fsp3) is 0.536. The summed E-state index contributed by atoms with van der Waals surface area (Å²) in [6, 6.07) is 4.14. The molecule has 196 valence electrons. The van der Waals surface area contributed by atoms with Crippen LogP contribution in [0.2, 0.25) is 0 Å². The summed E-state index contributed by atoms with van der Waals surface area (Å²) in [6.07, 6.45) is 5.05. The van der Waals surface area contributed by atoms with Gasteiger partial charge in [0.2, 0.25) is 0 Å². The zero-order valence-corrected chi connectivity index (χ0v) is 22.8. The molecule has 2 aliphatic rings. The Bertz CT molecular complexity index is 1280. The third-order valence-electron chi connectivity index (χ3n) is 6.89. The van der Waals surface area contributed by atoms with Crippen molar-refractivity contribution in [3.8, 4) is 11.3 Å². The van der Waals surface area contributed by atoms with E-state index in [0.717, 1.165) is 54.6 Å². The number of piperazine rings is 1. The summed E-state index contributed by atoms with van der Waals surface area (Å²) < 4.78 is 7.61. The number of aromatic nitrogens is 5. The molecule has 1 aliphatic carbocycles. The summed E-state index contributed by atoms with van der Waals surface area (Å²) in [7, 11) is 0. The maximum atomic E-state index is 12.3. The molecule has 0 spiro atoms. The van der Waals surface area contributed by atoms with Crippen LogP contribution in [0.4, 0.5) is 10.5 Å². The molecule has 37 heavy (non-hydrogen) atoms. The number of aryl methyl sites for hydroxylation is 1. The number of carbonyl (C=O) groups excluding carboxylic acids is 1. The molecule has 0 radical (unpaired) electrons. The van der Waals surface area contributed by atoms with Crippen molar-refractivity contribution in [2.24, 2.45) is 0 Å². The Labute approximate surface area is 218 Å². The zero-order valence-electron chi connectivity index (χ0n) is 22.8. The van der Waals surface area contributed by atoms with Gasteiger partial charge in [-0.1, -0.05) is 13.8 Å². The highest BCUT2D eigenvalue weighted by atomic mass is 16.6. The Balaban J connectivity index is 1.25. The molecule has 1 saturated heterocycles. The normalized spacial score (nSPS) is 15.2. The first kappa shape index (κ1) is 25.2. The topological polar surface area (TPSA) is 89.3 Å². The molecule has 3 aromatic heterocycles. The molecule has 0 saturated carbocycles. The highest BCUT2D eigenvalue weighted by molar-refractivity contribution is 5.74. The zero-order chi connectivity index (χ0) is 26.3. The number of carbonyl (C=O) groups is 1. The second-order valence-electron chi connectivity index (χ2n) is 11.2. The van der Waals surface area contributed by atoms with Crippen molar-refractivity contribution < 1.29 is 9.53 Å². The van der Waals surface area contributed by atoms with Gasteiger partial charge >= 0.3 is 6.09 Å². The van der Waals surface area contributed by atoms with E-state index < -0.39 is 5.60 Å². The molecule has 0 unspecified atom stereocenters. The lowest BCUT2D eigenvalue weighted by molar-refractivity contribution is 0.0240. The maximum Gasteiger partial charge on any atom is 0.410 e. The van der Waals surface area contributed by atoms with Crippen LogP contribution in [-0.4, -0.2) is 67.5 Å². The fourth-order valence-electron chi connectivity index (χ4n) is 5.02. The number of hydrogen-bond donors (Lipinski definition) is 0. The van der Waals surface area contributed by atoms with E-state index in [0.29, 0.717) is 25.4 Å². The number of ether oxygens (including phenoxy) is 1. The molecule has 1 aliphatic heterocycles. The van der Waals surface area contributed by atoms with Crippen LogP contribution in [0.1, 0.15) is 75.9 Å². The lowest BCUT2D eigenvalue weighted by Crippen LogP contribution is -2.50. The summed E-state index contributed by atoms with van der Waals surface area (Å²) in [6.45, 7) is 15.8. The highest BCUT2D eigenvalue weighted by Gasteiger charge is 2.30. The number of amides is 1. The Morgan fingerprint density at radius 2 is 1.84 bits per heavy atom. The lowest BCUT2D eigenvalue weighted by Gasteiger charge is -2.36. The van der Waals surface area contributed by atoms with Crippen molar-refractivity contribution in [3.63, 3.8) is 0 Å². The van der Waals surface area contributed by atoms with E-state index in [4.69, 9.17) is 19.8 Å². The van der Waals surface area contributed by atoms with E-state index >= 15 is 0 Å². The van der Waals surface area contributed by atoms with Crippen molar-refractivity contribution in [1.29, 1.82) is 0 Å². The third kappa shape index (κ3) is 5.17. The average Bonchev–Trinajstić information content (AvgIpc) is 3.41. The summed E-state index contributed by atoms with van der Waals surface area (Å²) >= 11 is 0. The number of nitrogens with zero attached hydrogens (tertiary/aromatic N) is 7. The van der Waals surface area contributed by atoms with Crippen LogP contribution in [0.25, 0.3) is 11.3 Å². The number of hydrogen-bond acceptors (Lipinski definition) is 7. The van der Waals surface area contributed by atoms with Gasteiger partial charge in [0.25, 0.3) is 0 Å². The van der Waals surface area contributed by atoms with Crippen molar-refractivity contribution in [2.75, 3.05) is 31.1 Å². The number of rotatable bonds is 5. The number of pyridine rings is 1. The van der Waals surface area contributed by atoms with Gasteiger partial charge in [-0.25, -0.2) is 14.8 Å². The monoisotopic (exact) mass is 503 g/mol. The predicted molar refractivity (Wildman–Crippen MR) is 143 cm³/mol. The van der Waals surface area contributed by atoms with E-state index in [-0.39, 0.29) is 6.09 Å². The van der Waals surface area contributed by atoms with Gasteiger partial charge in [-0.15, -0.1) is 0 Å². The van der Waals surface area contributed by atoms with Gasteiger partial charge in [-0.3, -0.25) is 9.67 Å². The molecule has 9 heteroatoms. The fourth-order valence-corrected chi connectivity index (χ4v) is 5.02. The minimum absolute atomic E-state index is 0.246. The van der Waals surface area contributed by atoms with Crippen LogP contribution >= 0.6 is 0 Å². The Hall–Kier alpha value is -3.49. The van der Waals surface area contributed by atoms with Crippen LogP contribution in [0, 0.1) is 0 Å². The first-order valence-electron chi connectivity index (χ1n) is 13.3. The molecule has 0 N–H and O–H groups in total. The second kappa shape index (κ2) is 9.76. The minimum atomic E-state index is -0.479. The van der Waals surface area contributed by atoms with Gasteiger partial charge in [-0.2, -0.15) is 5.10 Å². The molecular weight excluding hydrogens is 466 g/mol. The van der Waals surface area contributed by atoms with E-state index in [1.165, 1.54) is 16.8 Å². The quantitative estimate of drug-likeness (QED) is 0.398. The molecule has 0 bridgehead atoms. The highest BCUT2D eigenvalue weighted by Crippen LogP contribution is 2.40. The SMILES string of the molecule is CCn1nc(C(C)C)c2c1Cc1cnc(Cc3ccc(N4CCN(C(=O)OC(C)(C)C)CC4)cn3)nc1-2. The molecule has 1 fully saturated rings. The van der Waals surface area contributed by atoms with Gasteiger partial charge in [0, 0.05) is 62.2 Å². The molecule has 9 nitrogen and oxygen atoms in total. The number of fused-ring (bicyclic) bond motifs is 3. The largest absolute Gasteiger partial charge is 0.444 e. The standard InChI is InChI=1S/C28H37N7O2/c1-7-35-22-14-19-16-30-23(31-26(19)24(22)25(32-35)18(2)3)15-20-8-9-21(17-29-20)33-10-12-34(13-11-33)27(36)37-28(4,5)6/h8-9,16-18H,7,10-15H2,1-6H3. The van der Waals surface area contributed by atoms with E-state index in [9.17, 15) is 4.79 Å². The predicted octanol–water partition coefficient (Wildman–Crippen LogP) is 4.43. The Morgan fingerprint density at radius 1 is 1.08 bits per heavy atom. The van der Waals surface area contributed by atoms with E-state index in [1.807, 2.05) is 39.2 Å². The molecule has 3 aromatic rings. The lowest BCUT2D eigenvalue weighted by atomic mass is 10.0. The summed E-state index contributed by atoms with van der Waals surface area (Å²) in [5, 5.41) is 4.86. The molecule has 0 aromatic carbocycles. The second-order valence-corrected chi connectivity index (χ2v) is 11.2. The van der Waals surface area contributed by atoms with E-state index in [2.05, 4.69) is 41.4 Å². The van der Waals surface area contributed by atoms with Crippen LogP contribution in [0.3, 0.4) is 0 Å². The molecule has 0 atom stereocenters. The first-order valence-corrected chi connectivity index (χ1v) is 13.3. The minimum Gasteiger partial charge on any atom is -0.444 e. The summed E-state index contributed by atoms with van der Waals surface area (Å²) in [5.74, 6) is 1.11. The molecule has 1 amide bonds. The molecule has 5 rings (SSSR count). The smallest absolute Gasteiger partial charge is 0.410 e. The van der Waals surface area contributed by atoms with Crippen LogP contribution in [-0.2, 0) is 24.1 Å². The van der Waals surface area contributed by atoms with Gasteiger partial charge in [0.1, 0.15) is 11.4 Å². The van der Waals surface area contributed by atoms with Crippen molar-refractivity contribution in [2.45, 2.75) is 72.4 Å². The van der Waals surface area contributed by atoms with Crippen molar-refractivity contribution in [3.05, 3.63) is 53.0 Å². The van der Waals surface area contributed by atoms with Crippen LogP contribution in [0.5, 0.6) is 0 Å². The van der Waals surface area contributed by atoms with Crippen LogP contribution in [0.15, 0.2) is 24.5 Å². The Morgan fingerprint density at radius 3 is 2.46 bits per heavy atom. The summed E-state index contributed by atoms with van der Waals surface area (Å²) in [5.41, 5.74) is 7.29. The number of anilines is 1. The first-order chi connectivity index (χ1) is 17.6. The molecule has 4 heterocycles. The van der Waals surface area contributed by atoms with Gasteiger partial charge in [-0.05, 0) is 45.7 Å². The summed E-state index contributed by atoms with van der Waals surface area (Å²) in [4.78, 5) is 30.7. The maximum absolute atomic E-state index is 12.3. The van der Waals surface area contributed by atoms with Crippen molar-refractivity contribution >= 4 is 11.8 Å². The third-order valence-corrected chi connectivity index (χ3v) is 6.89. The van der Waals surface area contributed by atoms with E-state index in [1.54, 1.807) is 4.90 Å². The van der Waals surface area contributed by atoms with Gasteiger partial charge in [0.15, 0.2) is 0 Å². The van der Waals surface area contributed by atoms with Gasteiger partial charge in [0.05, 0.1) is 35.4 Å². The Kier molecular flexibility index (Phi) is 6.64. The average molecular weight is 504 g/mol.